The van der Waals surface area contributed by atoms with Crippen LogP contribution in [0.4, 0.5) is 11.6 Å². The van der Waals surface area contributed by atoms with Gasteiger partial charge in [-0.15, -0.1) is 0 Å². The Bertz CT molecular complexity index is 645. The molecular weight excluding hydrogens is 308 g/mol. The molecule has 19 heavy (non-hydrogen) atoms. The number of amides is 1. The highest BCUT2D eigenvalue weighted by Gasteiger charge is 2.30. The van der Waals surface area contributed by atoms with E-state index in [1.807, 2.05) is 30.3 Å². The fraction of sp³-hybridized carbons (Fsp3) is 0.154. The topological polar surface area (TPSA) is 80.9 Å². The number of nitrogens with zero attached hydrogens (tertiary/aromatic N) is 2. The molecule has 1 aromatic carbocycles. The zero-order valence-electron chi connectivity index (χ0n) is 9.93. The largest absolute Gasteiger partial charge is 0.383 e. The number of nitrogen functional groups attached to an aromatic ring is 1. The van der Waals surface area contributed by atoms with E-state index in [0.29, 0.717) is 22.8 Å². The van der Waals surface area contributed by atoms with Crippen molar-refractivity contribution in [1.82, 2.24) is 9.97 Å². The molecule has 0 fully saturated rings. The average molecular weight is 319 g/mol. The number of rotatable bonds is 1. The lowest BCUT2D eigenvalue weighted by Crippen LogP contribution is -2.26. The molecule has 1 amide bonds. The van der Waals surface area contributed by atoms with Crippen molar-refractivity contribution in [3.05, 3.63) is 46.2 Å². The van der Waals surface area contributed by atoms with Gasteiger partial charge in [-0.05, 0) is 21.5 Å². The van der Waals surface area contributed by atoms with Crippen molar-refractivity contribution in [2.24, 2.45) is 0 Å². The van der Waals surface area contributed by atoms with Gasteiger partial charge < -0.3 is 11.1 Å². The molecule has 1 unspecified atom stereocenters. The smallest absolute Gasteiger partial charge is 0.226 e. The van der Waals surface area contributed by atoms with Crippen molar-refractivity contribution in [3.63, 3.8) is 0 Å². The second-order valence-corrected chi connectivity index (χ2v) is 5.07. The van der Waals surface area contributed by atoms with Gasteiger partial charge in [0.2, 0.25) is 10.6 Å². The lowest BCUT2D eigenvalue weighted by Gasteiger charge is -2.25. The van der Waals surface area contributed by atoms with Gasteiger partial charge >= 0.3 is 0 Å². The number of carbonyl (C=O) groups is 1. The second-order valence-electron chi connectivity index (χ2n) is 4.36. The summed E-state index contributed by atoms with van der Waals surface area (Å²) >= 11 is 3.18. The van der Waals surface area contributed by atoms with Crippen LogP contribution in [0.5, 0.6) is 0 Å². The maximum atomic E-state index is 11.8. The molecule has 6 heteroatoms. The Balaban J connectivity index is 2.17. The average Bonchev–Trinajstić information content (AvgIpc) is 2.38. The maximum Gasteiger partial charge on any atom is 0.226 e. The molecule has 1 aliphatic heterocycles. The predicted octanol–water partition coefficient (Wildman–Crippen LogP) is 2.30. The molecule has 2 heterocycles. The number of aromatic nitrogens is 2. The van der Waals surface area contributed by atoms with Gasteiger partial charge in [-0.2, -0.15) is 0 Å². The summed E-state index contributed by atoms with van der Waals surface area (Å²) in [5, 5.41) is 2.74. The lowest BCUT2D eigenvalue weighted by atomic mass is 9.86. The van der Waals surface area contributed by atoms with E-state index in [0.717, 1.165) is 11.1 Å². The normalized spacial score (nSPS) is 17.7. The standard InChI is InChI=1S/C13H11BrN4O/c14-13-17-11(15)10-8(7-4-2-1-3-5-7)6-9(19)16-12(10)18-13/h1-5,8H,6H2,(H3,15,16,17,18,19). The molecule has 5 nitrogen and oxygen atoms in total. The van der Waals surface area contributed by atoms with Crippen LogP contribution in [0.1, 0.15) is 23.5 Å². The number of anilines is 2. The highest BCUT2D eigenvalue weighted by atomic mass is 79.9. The molecular formula is C13H11BrN4O. The van der Waals surface area contributed by atoms with Crippen molar-refractivity contribution >= 4 is 33.5 Å². The van der Waals surface area contributed by atoms with E-state index in [-0.39, 0.29) is 11.8 Å². The Morgan fingerprint density at radius 1 is 1.26 bits per heavy atom. The van der Waals surface area contributed by atoms with E-state index >= 15 is 0 Å². The van der Waals surface area contributed by atoms with E-state index in [4.69, 9.17) is 5.73 Å². The molecule has 3 rings (SSSR count). The van der Waals surface area contributed by atoms with Crippen LogP contribution in [0.15, 0.2) is 35.1 Å². The summed E-state index contributed by atoms with van der Waals surface area (Å²) < 4.78 is 0.373. The summed E-state index contributed by atoms with van der Waals surface area (Å²) in [6, 6.07) is 9.78. The third-order valence-corrected chi connectivity index (χ3v) is 3.50. The highest BCUT2D eigenvalue weighted by Crippen LogP contribution is 2.39. The number of nitrogens with one attached hydrogen (secondary N) is 1. The monoisotopic (exact) mass is 318 g/mol. The first-order chi connectivity index (χ1) is 9.15. The minimum atomic E-state index is -0.0990. The number of hydrogen-bond donors (Lipinski definition) is 2. The van der Waals surface area contributed by atoms with Crippen molar-refractivity contribution in [2.45, 2.75) is 12.3 Å². The van der Waals surface area contributed by atoms with Crippen LogP contribution >= 0.6 is 15.9 Å². The minimum Gasteiger partial charge on any atom is -0.383 e. The molecule has 1 aliphatic rings. The second kappa shape index (κ2) is 4.62. The van der Waals surface area contributed by atoms with E-state index in [1.54, 1.807) is 0 Å². The van der Waals surface area contributed by atoms with Crippen molar-refractivity contribution in [3.8, 4) is 0 Å². The Morgan fingerprint density at radius 2 is 2.00 bits per heavy atom. The zero-order valence-corrected chi connectivity index (χ0v) is 11.5. The van der Waals surface area contributed by atoms with E-state index in [1.165, 1.54) is 0 Å². The first-order valence-electron chi connectivity index (χ1n) is 5.83. The number of hydrogen-bond acceptors (Lipinski definition) is 4. The van der Waals surface area contributed by atoms with Gasteiger partial charge in [-0.25, -0.2) is 9.97 Å². The van der Waals surface area contributed by atoms with Crippen LogP contribution < -0.4 is 11.1 Å². The van der Waals surface area contributed by atoms with Crippen molar-refractivity contribution in [2.75, 3.05) is 11.1 Å². The first kappa shape index (κ1) is 12.1. The summed E-state index contributed by atoms with van der Waals surface area (Å²) in [5.74, 6) is 0.722. The SMILES string of the molecule is Nc1nc(Br)nc2c1C(c1ccccc1)CC(=O)N2. The first-order valence-corrected chi connectivity index (χ1v) is 6.62. The summed E-state index contributed by atoms with van der Waals surface area (Å²) in [6.45, 7) is 0. The molecule has 0 bridgehead atoms. The van der Waals surface area contributed by atoms with Crippen LogP contribution in [0.2, 0.25) is 0 Å². The molecule has 3 N–H and O–H groups in total. The molecule has 1 atom stereocenters. The Kier molecular flexibility index (Phi) is 2.94. The van der Waals surface area contributed by atoms with Gasteiger partial charge in [-0.1, -0.05) is 30.3 Å². The van der Waals surface area contributed by atoms with Gasteiger partial charge in [0.05, 0.1) is 0 Å². The number of fused-ring (bicyclic) bond motifs is 1. The van der Waals surface area contributed by atoms with Crippen LogP contribution in [0.25, 0.3) is 0 Å². The van der Waals surface area contributed by atoms with Gasteiger partial charge in [0, 0.05) is 17.9 Å². The van der Waals surface area contributed by atoms with E-state index in [9.17, 15) is 4.79 Å². The molecule has 0 saturated carbocycles. The number of nitrogens with two attached hydrogens (primary N) is 1. The number of benzene rings is 1. The van der Waals surface area contributed by atoms with Gasteiger partial charge in [0.25, 0.3) is 0 Å². The molecule has 0 spiro atoms. The lowest BCUT2D eigenvalue weighted by molar-refractivity contribution is -0.116. The molecule has 0 saturated heterocycles. The van der Waals surface area contributed by atoms with Crippen molar-refractivity contribution in [1.29, 1.82) is 0 Å². The van der Waals surface area contributed by atoms with Crippen LogP contribution in [-0.2, 0) is 4.79 Å². The van der Waals surface area contributed by atoms with Crippen LogP contribution in [0.3, 0.4) is 0 Å². The van der Waals surface area contributed by atoms with Crippen LogP contribution in [-0.4, -0.2) is 15.9 Å². The quantitative estimate of drug-likeness (QED) is 0.790. The Labute approximate surface area is 118 Å². The molecule has 1 aromatic heterocycles. The highest BCUT2D eigenvalue weighted by molar-refractivity contribution is 9.10. The number of carbonyl (C=O) groups excluding carboxylic acids is 1. The summed E-state index contributed by atoms with van der Waals surface area (Å²) in [6.07, 6.45) is 0.353. The fourth-order valence-electron chi connectivity index (χ4n) is 2.34. The Morgan fingerprint density at radius 3 is 2.74 bits per heavy atom. The predicted molar refractivity (Wildman–Crippen MR) is 75.7 cm³/mol. The molecule has 2 aromatic rings. The Hall–Kier alpha value is -1.95. The third kappa shape index (κ3) is 2.19. The summed E-state index contributed by atoms with van der Waals surface area (Å²) in [4.78, 5) is 20.1. The maximum absolute atomic E-state index is 11.8. The summed E-state index contributed by atoms with van der Waals surface area (Å²) in [7, 11) is 0. The van der Waals surface area contributed by atoms with Crippen molar-refractivity contribution < 1.29 is 4.79 Å². The van der Waals surface area contributed by atoms with Crippen LogP contribution in [0, 0.1) is 0 Å². The van der Waals surface area contributed by atoms with E-state index in [2.05, 4.69) is 31.2 Å². The number of halogens is 1. The molecule has 0 aliphatic carbocycles. The minimum absolute atomic E-state index is 0.0636. The zero-order chi connectivity index (χ0) is 13.4. The summed E-state index contributed by atoms with van der Waals surface area (Å²) in [5.41, 5.74) is 7.81. The van der Waals surface area contributed by atoms with Gasteiger partial charge in [0.1, 0.15) is 11.6 Å². The fourth-order valence-corrected chi connectivity index (χ4v) is 2.71. The van der Waals surface area contributed by atoms with Gasteiger partial charge in [-0.3, -0.25) is 4.79 Å². The van der Waals surface area contributed by atoms with Gasteiger partial charge in [0.15, 0.2) is 0 Å². The third-order valence-electron chi connectivity index (χ3n) is 3.15. The van der Waals surface area contributed by atoms with E-state index < -0.39 is 0 Å². The molecule has 96 valence electrons. The molecule has 0 radical (unpaired) electrons.